The molecule has 2 aromatic rings. The topological polar surface area (TPSA) is 48.1 Å². The van der Waals surface area contributed by atoms with Crippen LogP contribution < -0.4 is 10.5 Å². The van der Waals surface area contributed by atoms with Gasteiger partial charge in [-0.1, -0.05) is 26.0 Å². The molecule has 0 amide bonds. The summed E-state index contributed by atoms with van der Waals surface area (Å²) in [6, 6.07) is 8.28. The van der Waals surface area contributed by atoms with Crippen molar-refractivity contribution in [1.82, 2.24) is 4.98 Å². The van der Waals surface area contributed by atoms with Crippen LogP contribution >= 0.6 is 11.3 Å². The number of hydrogen-bond acceptors (Lipinski definition) is 4. The van der Waals surface area contributed by atoms with Crippen LogP contribution in [0, 0.1) is 0 Å². The van der Waals surface area contributed by atoms with E-state index in [1.807, 2.05) is 18.3 Å². The molecule has 3 nitrogen and oxygen atoms in total. The van der Waals surface area contributed by atoms with Gasteiger partial charge in [-0.2, -0.15) is 0 Å². The fraction of sp³-hybridized carbons (Fsp3) is 0.400. The van der Waals surface area contributed by atoms with Crippen LogP contribution in [0.1, 0.15) is 35.2 Å². The molecule has 1 aromatic heterocycles. The minimum Gasteiger partial charge on any atom is -0.493 e. The van der Waals surface area contributed by atoms with Gasteiger partial charge in [0, 0.05) is 24.0 Å². The van der Waals surface area contributed by atoms with Crippen LogP contribution in [0.5, 0.6) is 5.75 Å². The lowest BCUT2D eigenvalue weighted by molar-refractivity contribution is 0.321. The molecule has 0 saturated carbocycles. The van der Waals surface area contributed by atoms with E-state index in [0.29, 0.717) is 19.1 Å². The number of benzene rings is 1. The summed E-state index contributed by atoms with van der Waals surface area (Å²) >= 11 is 1.66. The Balaban J connectivity index is 1.86. The number of nitrogens with two attached hydrogens (primary N) is 1. The van der Waals surface area contributed by atoms with Gasteiger partial charge in [-0.25, -0.2) is 4.98 Å². The highest BCUT2D eigenvalue weighted by molar-refractivity contribution is 7.11. The van der Waals surface area contributed by atoms with Crippen molar-refractivity contribution >= 4 is 11.3 Å². The Labute approximate surface area is 118 Å². The highest BCUT2D eigenvalue weighted by Crippen LogP contribution is 2.20. The lowest BCUT2D eigenvalue weighted by atomic mass is 10.0. The van der Waals surface area contributed by atoms with Crippen molar-refractivity contribution in [1.29, 1.82) is 0 Å². The normalized spacial score (nSPS) is 10.9. The fourth-order valence-corrected chi connectivity index (χ4v) is 2.56. The van der Waals surface area contributed by atoms with E-state index in [0.717, 1.165) is 22.1 Å². The molecule has 4 heteroatoms. The second-order valence-electron chi connectivity index (χ2n) is 4.75. The van der Waals surface area contributed by atoms with Crippen molar-refractivity contribution in [2.45, 2.75) is 32.7 Å². The van der Waals surface area contributed by atoms with E-state index in [9.17, 15) is 0 Å². The van der Waals surface area contributed by atoms with E-state index in [1.165, 1.54) is 5.56 Å². The Morgan fingerprint density at radius 1 is 1.37 bits per heavy atom. The van der Waals surface area contributed by atoms with Gasteiger partial charge in [0.15, 0.2) is 0 Å². The zero-order chi connectivity index (χ0) is 13.7. The number of rotatable bonds is 6. The first-order chi connectivity index (χ1) is 9.19. The van der Waals surface area contributed by atoms with Gasteiger partial charge < -0.3 is 10.5 Å². The first kappa shape index (κ1) is 14.0. The predicted molar refractivity (Wildman–Crippen MR) is 79.7 cm³/mol. The lowest BCUT2D eigenvalue weighted by Crippen LogP contribution is -2.01. The van der Waals surface area contributed by atoms with Crippen molar-refractivity contribution in [3.05, 3.63) is 45.9 Å². The van der Waals surface area contributed by atoms with Crippen molar-refractivity contribution in [2.75, 3.05) is 6.61 Å². The van der Waals surface area contributed by atoms with Gasteiger partial charge in [-0.3, -0.25) is 0 Å². The monoisotopic (exact) mass is 276 g/mol. The molecule has 0 radical (unpaired) electrons. The van der Waals surface area contributed by atoms with Gasteiger partial charge in [0.25, 0.3) is 0 Å². The average molecular weight is 276 g/mol. The van der Waals surface area contributed by atoms with E-state index in [4.69, 9.17) is 10.5 Å². The molecule has 2 rings (SSSR count). The summed E-state index contributed by atoms with van der Waals surface area (Å²) in [4.78, 5) is 5.44. The SMILES string of the molecule is CC(C)c1cccc(OCCc2ncc(CN)s2)c1. The smallest absolute Gasteiger partial charge is 0.119 e. The summed E-state index contributed by atoms with van der Waals surface area (Å²) in [5.74, 6) is 1.46. The van der Waals surface area contributed by atoms with Crippen LogP contribution in [0.15, 0.2) is 30.5 Å². The Morgan fingerprint density at radius 2 is 2.21 bits per heavy atom. The first-order valence-electron chi connectivity index (χ1n) is 6.55. The van der Waals surface area contributed by atoms with Gasteiger partial charge in [0.05, 0.1) is 11.6 Å². The van der Waals surface area contributed by atoms with E-state index >= 15 is 0 Å². The molecule has 0 spiro atoms. The van der Waals surface area contributed by atoms with Crippen molar-refractivity contribution in [3.63, 3.8) is 0 Å². The van der Waals surface area contributed by atoms with Gasteiger partial charge in [0.2, 0.25) is 0 Å². The third-order valence-electron chi connectivity index (χ3n) is 2.91. The Kier molecular flexibility index (Phi) is 4.93. The molecule has 0 saturated heterocycles. The highest BCUT2D eigenvalue weighted by atomic mass is 32.1. The van der Waals surface area contributed by atoms with Crippen LogP contribution in [0.25, 0.3) is 0 Å². The van der Waals surface area contributed by atoms with E-state index in [1.54, 1.807) is 11.3 Å². The third kappa shape index (κ3) is 4.04. The predicted octanol–water partition coefficient (Wildman–Crippen LogP) is 3.35. The third-order valence-corrected chi connectivity index (χ3v) is 3.99. The molecule has 1 aromatic carbocycles. The molecule has 19 heavy (non-hydrogen) atoms. The molecular weight excluding hydrogens is 256 g/mol. The maximum atomic E-state index is 5.78. The van der Waals surface area contributed by atoms with E-state index in [2.05, 4.69) is 31.0 Å². The molecule has 0 aliphatic carbocycles. The standard InChI is InChI=1S/C15H20N2OS/c1-11(2)12-4-3-5-13(8-12)18-7-6-15-17-10-14(9-16)19-15/h3-5,8,10-11H,6-7,9,16H2,1-2H3. The maximum Gasteiger partial charge on any atom is 0.119 e. The minimum absolute atomic E-state index is 0.523. The molecule has 102 valence electrons. The summed E-state index contributed by atoms with van der Waals surface area (Å²) < 4.78 is 5.78. The molecule has 0 unspecified atom stereocenters. The fourth-order valence-electron chi connectivity index (χ4n) is 1.78. The molecule has 1 heterocycles. The molecule has 2 N–H and O–H groups in total. The van der Waals surface area contributed by atoms with E-state index in [-0.39, 0.29) is 0 Å². The molecular formula is C15H20N2OS. The maximum absolute atomic E-state index is 5.78. The van der Waals surface area contributed by atoms with E-state index < -0.39 is 0 Å². The number of ether oxygens (including phenoxy) is 1. The average Bonchev–Trinajstić information content (AvgIpc) is 2.87. The summed E-state index contributed by atoms with van der Waals surface area (Å²) in [6.45, 7) is 5.58. The molecule has 0 aliphatic heterocycles. The van der Waals surface area contributed by atoms with Crippen LogP contribution in [-0.2, 0) is 13.0 Å². The first-order valence-corrected chi connectivity index (χ1v) is 7.37. The van der Waals surface area contributed by atoms with Crippen LogP contribution in [-0.4, -0.2) is 11.6 Å². The largest absolute Gasteiger partial charge is 0.493 e. The number of thiazole rings is 1. The second kappa shape index (κ2) is 6.68. The zero-order valence-electron chi connectivity index (χ0n) is 11.4. The summed E-state index contributed by atoms with van der Waals surface area (Å²) in [7, 11) is 0. The van der Waals surface area contributed by atoms with Crippen molar-refractivity contribution in [2.24, 2.45) is 5.73 Å². The Morgan fingerprint density at radius 3 is 2.89 bits per heavy atom. The lowest BCUT2D eigenvalue weighted by Gasteiger charge is -2.09. The zero-order valence-corrected chi connectivity index (χ0v) is 12.2. The van der Waals surface area contributed by atoms with Gasteiger partial charge >= 0.3 is 0 Å². The molecule has 0 aliphatic rings. The number of nitrogens with zero attached hydrogens (tertiary/aromatic N) is 1. The van der Waals surface area contributed by atoms with Crippen LogP contribution in [0.2, 0.25) is 0 Å². The van der Waals surface area contributed by atoms with Crippen LogP contribution in [0.4, 0.5) is 0 Å². The Hall–Kier alpha value is -1.39. The molecule has 0 bridgehead atoms. The molecule has 0 fully saturated rings. The summed E-state index contributed by atoms with van der Waals surface area (Å²) in [5.41, 5.74) is 6.87. The van der Waals surface area contributed by atoms with Gasteiger partial charge in [-0.15, -0.1) is 11.3 Å². The molecule has 0 atom stereocenters. The Bertz CT molecular complexity index is 522. The summed E-state index contributed by atoms with van der Waals surface area (Å²) in [6.07, 6.45) is 2.68. The van der Waals surface area contributed by atoms with Crippen molar-refractivity contribution < 1.29 is 4.74 Å². The van der Waals surface area contributed by atoms with Crippen LogP contribution in [0.3, 0.4) is 0 Å². The van der Waals surface area contributed by atoms with Crippen molar-refractivity contribution in [3.8, 4) is 5.75 Å². The van der Waals surface area contributed by atoms with Gasteiger partial charge in [0.1, 0.15) is 5.75 Å². The quantitative estimate of drug-likeness (QED) is 0.880. The number of hydrogen-bond donors (Lipinski definition) is 1. The summed E-state index contributed by atoms with van der Waals surface area (Å²) in [5, 5.41) is 1.08. The number of aromatic nitrogens is 1. The van der Waals surface area contributed by atoms with Gasteiger partial charge in [-0.05, 0) is 23.6 Å². The second-order valence-corrected chi connectivity index (χ2v) is 5.95. The highest BCUT2D eigenvalue weighted by Gasteiger charge is 2.03. The minimum atomic E-state index is 0.523.